The van der Waals surface area contributed by atoms with E-state index >= 15 is 0 Å². The molecule has 6 aromatic rings. The molecule has 6 aromatic carbocycles. The molecule has 0 unspecified atom stereocenters. The summed E-state index contributed by atoms with van der Waals surface area (Å²) in [5, 5.41) is 0. The molecule has 0 N–H and O–H groups in total. The standard InChI is InChI=1S/C18H14N2.C15H16N2.C14H14N2.C13H12N2.C12H9FN2.5Ir/c1-2-6-15(7-3-1)12-19-13-17-11-10-16-8-4-5-9-18(16)20(17)14-19;1-11(2)15-14-9-8-12-6-4-5-7-13(12)17(14)10-16(15)3;1-10-4-5-14-13(6-10)11(2)7-12-8-15(3)9-16(12)14;1-10-4-3-5-13-12(10)7-6-11-8-14(2)9-15(11)13;1-14-7-12-10(13)6-9-4-2-3-5-11(9)15(12)8-14;;;;;/h1-8,10-11,13-14H,12H2;4-6,8-11H,1-3H3;4,6-9H,1-3H3;3-4,6-9H,1-2H3;2-4,6-8H,1H3;;;;;/q5*-2;;;;;. The van der Waals surface area contributed by atoms with E-state index in [1.807, 2.05) is 98.3 Å². The van der Waals surface area contributed by atoms with Crippen LogP contribution in [0.25, 0.3) is 29.9 Å². The maximum Gasteiger partial charge on any atom is 0.134 e. The molecule has 0 aliphatic carbocycles. The van der Waals surface area contributed by atoms with Crippen LogP contribution in [0, 0.1) is 83.4 Å². The molecule has 0 spiro atoms. The normalized spacial score (nSPS) is 16.4. The molecule has 16 rings (SSSR count). The van der Waals surface area contributed by atoms with Gasteiger partial charge in [-0.3, -0.25) is 0 Å². The van der Waals surface area contributed by atoms with Crippen LogP contribution in [-0.4, -0.2) is 52.7 Å². The third-order valence-electron chi connectivity index (χ3n) is 15.2. The SMILES string of the molecule is CC(C)C1=C2C=Cc3ccc[c-]c3N2[CH-]N1C.CC1=CC2=CN(C)[CH-]N2c2[c-]cc(C)cc21.CN1C=C2C(F)=Cc3ccc[c-]c3N2[CH-]1.Cc1cc[c-]c2c1C=CC1=CN(C)[CH-]N12.[Ir].[Ir].[Ir].[Ir].[Ir].[c-]1cccc2c1N1[CH-]N(Cc3ccccc3)C=C1C=C2. The zero-order chi connectivity index (χ0) is 57.5. The van der Waals surface area contributed by atoms with Crippen molar-refractivity contribution in [1.29, 1.82) is 0 Å². The Morgan fingerprint density at radius 3 is 1.73 bits per heavy atom. The van der Waals surface area contributed by atoms with Crippen LogP contribution in [0.3, 0.4) is 0 Å². The second-order valence-corrected chi connectivity index (χ2v) is 21.9. The van der Waals surface area contributed by atoms with Crippen LogP contribution in [0.5, 0.6) is 0 Å². The first-order valence-electron chi connectivity index (χ1n) is 27.9. The first kappa shape index (κ1) is 69.4. The van der Waals surface area contributed by atoms with Crippen LogP contribution >= 0.6 is 0 Å². The number of rotatable bonds is 3. The third kappa shape index (κ3) is 14.5. The summed E-state index contributed by atoms with van der Waals surface area (Å²) < 4.78 is 13.7. The first-order valence-corrected chi connectivity index (χ1v) is 27.9. The fourth-order valence-electron chi connectivity index (χ4n) is 11.4. The van der Waals surface area contributed by atoms with Crippen molar-refractivity contribution in [2.45, 2.75) is 41.2 Å². The fourth-order valence-corrected chi connectivity index (χ4v) is 11.4. The molecule has 0 saturated heterocycles. The summed E-state index contributed by atoms with van der Waals surface area (Å²) in [5.74, 6) is 0.314. The first-order chi connectivity index (χ1) is 40.2. The Morgan fingerprint density at radius 1 is 0.489 bits per heavy atom. The summed E-state index contributed by atoms with van der Waals surface area (Å²) in [7, 11) is 8.06. The Bertz CT molecular complexity index is 3830. The van der Waals surface area contributed by atoms with Crippen LogP contribution in [0.15, 0.2) is 198 Å². The van der Waals surface area contributed by atoms with Gasteiger partial charge in [-0.2, -0.15) is 154 Å². The van der Waals surface area contributed by atoms with E-state index < -0.39 is 0 Å². The quantitative estimate of drug-likeness (QED) is 0.160. The van der Waals surface area contributed by atoms with Crippen LogP contribution in [0.2, 0.25) is 0 Å². The molecule has 0 atom stereocenters. The topological polar surface area (TPSA) is 32.4 Å². The van der Waals surface area contributed by atoms with Gasteiger partial charge in [0.25, 0.3) is 0 Å². The molecule has 88 heavy (non-hydrogen) atoms. The van der Waals surface area contributed by atoms with Gasteiger partial charge in [-0.05, 0) is 70.5 Å². The number of nitrogens with zero attached hydrogens (tertiary/aromatic N) is 10. The summed E-state index contributed by atoms with van der Waals surface area (Å²) >= 11 is 0. The molecule has 10 aliphatic rings. The average Bonchev–Trinajstić information content (AvgIpc) is 1.89. The van der Waals surface area contributed by atoms with Crippen molar-refractivity contribution in [1.82, 2.24) is 24.5 Å². The van der Waals surface area contributed by atoms with Gasteiger partial charge in [-0.1, -0.05) is 123 Å². The molecule has 0 bridgehead atoms. The predicted octanol–water partition coefficient (Wildman–Crippen LogP) is 15.0. The maximum absolute atomic E-state index is 13.7. The Morgan fingerprint density at radius 2 is 1.05 bits per heavy atom. The number of allylic oxidation sites excluding steroid dienone is 7. The van der Waals surface area contributed by atoms with Gasteiger partial charge in [-0.25, -0.2) is 4.39 Å². The molecule has 10 aliphatic heterocycles. The minimum atomic E-state index is -0.206. The summed E-state index contributed by atoms with van der Waals surface area (Å²) in [6.45, 7) is 22.0. The summed E-state index contributed by atoms with van der Waals surface area (Å²) in [4.78, 5) is 21.0. The molecule has 16 heteroatoms. The minimum Gasteiger partial charge on any atom is -0.510 e. The van der Waals surface area contributed by atoms with Crippen molar-refractivity contribution in [2.24, 2.45) is 5.92 Å². The largest absolute Gasteiger partial charge is 0.510 e. The maximum atomic E-state index is 13.7. The monoisotopic (exact) mass is 2050 g/mol. The number of anilines is 5. The van der Waals surface area contributed by atoms with Crippen molar-refractivity contribution in [3.63, 3.8) is 0 Å². The molecule has 10 nitrogen and oxygen atoms in total. The van der Waals surface area contributed by atoms with Gasteiger partial charge in [0.15, 0.2) is 0 Å². The number of benzene rings is 6. The molecule has 0 saturated carbocycles. The Kier molecular flexibility index (Phi) is 23.8. The van der Waals surface area contributed by atoms with Crippen molar-refractivity contribution >= 4 is 58.3 Å². The van der Waals surface area contributed by atoms with Gasteiger partial charge in [-0.15, -0.1) is 46.0 Å². The van der Waals surface area contributed by atoms with Crippen molar-refractivity contribution in [3.05, 3.63) is 306 Å². The van der Waals surface area contributed by atoms with Crippen LogP contribution in [-0.2, 0) is 107 Å². The number of fused-ring (bicyclic) bond motifs is 15. The third-order valence-corrected chi connectivity index (χ3v) is 15.2. The molecule has 0 fully saturated rings. The van der Waals surface area contributed by atoms with Gasteiger partial charge >= 0.3 is 0 Å². The number of halogens is 1. The van der Waals surface area contributed by atoms with E-state index in [0.29, 0.717) is 11.6 Å². The fraction of sp³-hybridized carbons (Fsp3) is 0.153. The van der Waals surface area contributed by atoms with Crippen LogP contribution < -0.4 is 24.5 Å². The van der Waals surface area contributed by atoms with Gasteiger partial charge in [0.2, 0.25) is 0 Å². The Labute approximate surface area is 588 Å². The molecule has 465 valence electrons. The summed E-state index contributed by atoms with van der Waals surface area (Å²) in [6.07, 6.45) is 24.9. The smallest absolute Gasteiger partial charge is 0.134 e. The van der Waals surface area contributed by atoms with Gasteiger partial charge < -0.3 is 49.0 Å². The van der Waals surface area contributed by atoms with E-state index in [1.54, 1.807) is 12.3 Å². The number of hydrogen-bond acceptors (Lipinski definition) is 10. The van der Waals surface area contributed by atoms with E-state index in [1.165, 1.54) is 73.0 Å². The van der Waals surface area contributed by atoms with Crippen LogP contribution in [0.1, 0.15) is 65.3 Å². The second-order valence-electron chi connectivity index (χ2n) is 21.9. The average molecular weight is 2050 g/mol. The predicted molar refractivity (Wildman–Crippen MR) is 337 cm³/mol. The van der Waals surface area contributed by atoms with Crippen LogP contribution in [0.4, 0.5) is 32.8 Å². The van der Waals surface area contributed by atoms with Gasteiger partial charge in [0, 0.05) is 136 Å². The van der Waals surface area contributed by atoms with E-state index in [4.69, 9.17) is 0 Å². The van der Waals surface area contributed by atoms with E-state index in [0.717, 1.165) is 40.5 Å². The molecule has 10 heterocycles. The molecule has 0 aromatic heterocycles. The summed E-state index contributed by atoms with van der Waals surface area (Å²) in [6, 6.07) is 53.1. The van der Waals surface area contributed by atoms with Crippen molar-refractivity contribution in [3.8, 4) is 0 Å². The van der Waals surface area contributed by atoms with Crippen molar-refractivity contribution < 1.29 is 105 Å². The Balaban J connectivity index is 0.000000155. The molecular weight excluding hydrogens is 1980 g/mol. The number of aryl methyl sites for hydroxylation is 2. The number of hydrogen-bond donors (Lipinski definition) is 0. The zero-order valence-corrected chi connectivity index (χ0v) is 62.0. The van der Waals surface area contributed by atoms with E-state index in [-0.39, 0.29) is 106 Å². The van der Waals surface area contributed by atoms with E-state index in [9.17, 15) is 4.39 Å². The minimum absolute atomic E-state index is 0. The zero-order valence-electron chi connectivity index (χ0n) is 50.0. The van der Waals surface area contributed by atoms with E-state index in [2.05, 4.69) is 248 Å². The van der Waals surface area contributed by atoms with Gasteiger partial charge in [0.05, 0.1) is 5.70 Å². The van der Waals surface area contributed by atoms with Crippen molar-refractivity contribution in [2.75, 3.05) is 52.7 Å². The molecule has 0 amide bonds. The second kappa shape index (κ2) is 30.1. The summed E-state index contributed by atoms with van der Waals surface area (Å²) in [5.41, 5.74) is 23.3. The molecule has 5 radical (unpaired) electrons. The van der Waals surface area contributed by atoms with Gasteiger partial charge in [0.1, 0.15) is 5.83 Å². The Hall–Kier alpha value is -6.10. The molecular formula is C72H65FIr5N10-10. The number of para-hydroxylation sites is 3.